The van der Waals surface area contributed by atoms with Crippen LogP contribution in [0.5, 0.6) is 0 Å². The van der Waals surface area contributed by atoms with Gasteiger partial charge in [0.15, 0.2) is 0 Å². The van der Waals surface area contributed by atoms with Crippen LogP contribution in [0.3, 0.4) is 0 Å². The van der Waals surface area contributed by atoms with Crippen LogP contribution in [-0.2, 0) is 10.8 Å². The fraction of sp³-hybridized carbons (Fsp3) is 0.0244. The molecule has 1 atom stereocenters. The predicted octanol–water partition coefficient (Wildman–Crippen LogP) is 22.5. The van der Waals surface area contributed by atoms with E-state index in [-0.39, 0.29) is 0 Å². The fourth-order valence-electron chi connectivity index (χ4n) is 17.4. The molecular weight excluding hydrogens is 1050 g/mol. The molecule has 15 aromatic carbocycles. The second-order valence-corrected chi connectivity index (χ2v) is 26.0. The van der Waals surface area contributed by atoms with Gasteiger partial charge >= 0.3 is 0 Å². The van der Waals surface area contributed by atoms with E-state index in [0.29, 0.717) is 0 Å². The lowest BCUT2D eigenvalue weighted by Gasteiger charge is -2.32. The fourth-order valence-corrected chi connectivity index (χ4v) is 19.8. The SMILES string of the molecule is c1ccc2c(c1)-c1ccc(-c3cccc4c3sc3ccccc34)cc1C21c2ccccc2-c2c1cc1c3cccc4c5c(cc(c6cccc2c61)c43)C1(c2ccccc2-c2ccccc21)c1cc(-c2cccc3c2sc2ccccc23)ccc1-5. The van der Waals surface area contributed by atoms with Crippen LogP contribution in [0.25, 0.3) is 150 Å². The van der Waals surface area contributed by atoms with Crippen LogP contribution < -0.4 is 0 Å². The van der Waals surface area contributed by atoms with Gasteiger partial charge in [-0.3, -0.25) is 0 Å². The van der Waals surface area contributed by atoms with Crippen LogP contribution in [0, 0.1) is 0 Å². The van der Waals surface area contributed by atoms with Crippen molar-refractivity contribution in [3.05, 3.63) is 311 Å². The first kappa shape index (κ1) is 44.7. The summed E-state index contributed by atoms with van der Waals surface area (Å²) in [4.78, 5) is 0. The Hall–Kier alpha value is -9.96. The molecule has 0 radical (unpaired) electrons. The number of rotatable bonds is 2. The van der Waals surface area contributed by atoms with E-state index in [2.05, 4.69) is 267 Å². The van der Waals surface area contributed by atoms with E-state index in [4.69, 9.17) is 0 Å². The van der Waals surface area contributed by atoms with Gasteiger partial charge in [0.1, 0.15) is 0 Å². The maximum absolute atomic E-state index is 2.66. The van der Waals surface area contributed by atoms with Gasteiger partial charge in [-0.15, -0.1) is 22.7 Å². The first-order valence-corrected chi connectivity index (χ1v) is 31.0. The molecule has 0 bridgehead atoms. The lowest BCUT2D eigenvalue weighted by atomic mass is 9.69. The van der Waals surface area contributed by atoms with Crippen LogP contribution in [-0.4, -0.2) is 0 Å². The quantitative estimate of drug-likeness (QED) is 0.120. The number of benzene rings is 15. The zero-order valence-electron chi connectivity index (χ0n) is 45.2. The molecule has 2 aromatic heterocycles. The van der Waals surface area contributed by atoms with E-state index in [0.717, 1.165) is 0 Å². The van der Waals surface area contributed by atoms with Crippen LogP contribution >= 0.6 is 22.7 Å². The smallest absolute Gasteiger partial charge is 0.0726 e. The van der Waals surface area contributed by atoms with Crippen LogP contribution in [0.15, 0.2) is 267 Å². The molecule has 21 rings (SSSR count). The molecule has 1 unspecified atom stereocenters. The van der Waals surface area contributed by atoms with Gasteiger partial charge in [0.05, 0.1) is 10.8 Å². The maximum Gasteiger partial charge on any atom is 0.0726 e. The van der Waals surface area contributed by atoms with E-state index in [9.17, 15) is 0 Å². The Morgan fingerprint density at radius 2 is 0.536 bits per heavy atom. The van der Waals surface area contributed by atoms with E-state index in [1.54, 1.807) is 0 Å². The second kappa shape index (κ2) is 15.6. The molecule has 0 saturated heterocycles. The van der Waals surface area contributed by atoms with Crippen molar-refractivity contribution in [2.45, 2.75) is 10.8 Å². The van der Waals surface area contributed by atoms with Crippen LogP contribution in [0.2, 0.25) is 0 Å². The summed E-state index contributed by atoms with van der Waals surface area (Å²) in [6.45, 7) is 0. The summed E-state index contributed by atoms with van der Waals surface area (Å²) >= 11 is 3.83. The second-order valence-electron chi connectivity index (χ2n) is 23.9. The molecule has 2 heteroatoms. The Labute approximate surface area is 491 Å². The van der Waals surface area contributed by atoms with Crippen LogP contribution in [0.4, 0.5) is 0 Å². The summed E-state index contributed by atoms with van der Waals surface area (Å²) in [6.07, 6.45) is 0. The molecule has 4 aliphatic rings. The van der Waals surface area contributed by atoms with Gasteiger partial charge in [-0.2, -0.15) is 0 Å². The largest absolute Gasteiger partial charge is 0.135 e. The third kappa shape index (κ3) is 5.14. The number of hydrogen-bond donors (Lipinski definition) is 0. The lowest BCUT2D eigenvalue weighted by molar-refractivity contribution is 0.795. The Morgan fingerprint density at radius 3 is 1.04 bits per heavy atom. The van der Waals surface area contributed by atoms with Gasteiger partial charge in [-0.1, -0.05) is 231 Å². The van der Waals surface area contributed by atoms with Gasteiger partial charge < -0.3 is 0 Å². The normalized spacial score (nSPS) is 15.5. The van der Waals surface area contributed by atoms with Crippen molar-refractivity contribution in [2.75, 3.05) is 0 Å². The molecule has 384 valence electrons. The molecule has 4 aliphatic carbocycles. The third-order valence-corrected chi connectivity index (χ3v) is 22.9. The van der Waals surface area contributed by atoms with Gasteiger partial charge in [-0.25, -0.2) is 0 Å². The minimum atomic E-state index is -0.554. The van der Waals surface area contributed by atoms with Gasteiger partial charge in [0.25, 0.3) is 0 Å². The lowest BCUT2D eigenvalue weighted by Crippen LogP contribution is -2.26. The van der Waals surface area contributed by atoms with Crippen molar-refractivity contribution in [3.63, 3.8) is 0 Å². The molecule has 0 nitrogen and oxygen atoms in total. The minimum Gasteiger partial charge on any atom is -0.135 e. The summed E-state index contributed by atoms with van der Waals surface area (Å²) in [5, 5.41) is 15.9. The highest BCUT2D eigenvalue weighted by molar-refractivity contribution is 7.26. The number of thiophene rings is 2. The van der Waals surface area contributed by atoms with Gasteiger partial charge in [0, 0.05) is 40.3 Å². The first-order valence-electron chi connectivity index (χ1n) is 29.4. The molecule has 0 N–H and O–H groups in total. The Morgan fingerprint density at radius 1 is 0.202 bits per heavy atom. The predicted molar refractivity (Wildman–Crippen MR) is 357 cm³/mol. The molecule has 0 saturated carbocycles. The average Bonchev–Trinajstić information content (AvgIpc) is 1.50. The Balaban J connectivity index is 0.867. The number of fused-ring (bicyclic) bond motifs is 30. The van der Waals surface area contributed by atoms with Crippen molar-refractivity contribution in [3.8, 4) is 66.8 Å². The summed E-state index contributed by atoms with van der Waals surface area (Å²) in [5.41, 5.74) is 25.5. The molecule has 0 fully saturated rings. The molecule has 0 aliphatic heterocycles. The summed E-state index contributed by atoms with van der Waals surface area (Å²) in [7, 11) is 0. The summed E-state index contributed by atoms with van der Waals surface area (Å²) < 4.78 is 5.34. The van der Waals surface area contributed by atoms with Crippen LogP contribution in [0.1, 0.15) is 44.5 Å². The highest BCUT2D eigenvalue weighted by Gasteiger charge is 2.54. The first-order chi connectivity index (χ1) is 41.7. The standard InChI is InChI=1S/C82H44S2/c1-7-31-65-49(17-1)50-18-2-8-32-66(50)81(65)70-42-46(48-24-14-28-58-54-21-6-12-36-74(54)84-80(48)58)38-40-60(70)78-62-30-16-26-56-63-43-71-77(61-29-15-25-55(75(61)63)64(76(56)62)44-72(78)81)59-22-4-10-34-68(59)82(71)67-33-9-3-19-51(67)52-39-37-45(41-69(52)82)47-23-13-27-57-53-20-5-11-35-73(53)83-79(47)57/h1-44H. The average molecular weight is 1090 g/mol. The molecule has 2 spiro atoms. The van der Waals surface area contributed by atoms with Crippen molar-refractivity contribution < 1.29 is 0 Å². The molecule has 2 heterocycles. The Kier molecular flexibility index (Phi) is 8.28. The topological polar surface area (TPSA) is 0 Å². The Bertz CT molecular complexity index is 5840. The van der Waals surface area contributed by atoms with Crippen molar-refractivity contribution in [1.82, 2.24) is 0 Å². The monoisotopic (exact) mass is 1090 g/mol. The van der Waals surface area contributed by atoms with Crippen molar-refractivity contribution >= 4 is 106 Å². The van der Waals surface area contributed by atoms with E-state index < -0.39 is 10.8 Å². The molecule has 84 heavy (non-hydrogen) atoms. The maximum atomic E-state index is 2.66. The van der Waals surface area contributed by atoms with E-state index in [1.165, 1.54) is 195 Å². The summed E-state index contributed by atoms with van der Waals surface area (Å²) in [5.74, 6) is 0. The zero-order valence-corrected chi connectivity index (χ0v) is 46.9. The minimum absolute atomic E-state index is 0.551. The highest BCUT2D eigenvalue weighted by atomic mass is 32.1. The van der Waals surface area contributed by atoms with E-state index in [1.807, 2.05) is 22.7 Å². The molecular formula is C82H44S2. The third-order valence-electron chi connectivity index (χ3n) is 20.4. The van der Waals surface area contributed by atoms with Crippen molar-refractivity contribution in [1.29, 1.82) is 0 Å². The summed E-state index contributed by atoms with van der Waals surface area (Å²) in [6, 6.07) is 104. The van der Waals surface area contributed by atoms with Crippen molar-refractivity contribution in [2.24, 2.45) is 0 Å². The van der Waals surface area contributed by atoms with Gasteiger partial charge in [-0.05, 0) is 191 Å². The zero-order chi connectivity index (χ0) is 54.3. The molecule has 0 amide bonds. The van der Waals surface area contributed by atoms with E-state index >= 15 is 0 Å². The highest BCUT2D eigenvalue weighted by Crippen LogP contribution is 2.68. The molecule has 17 aromatic rings. The van der Waals surface area contributed by atoms with Gasteiger partial charge in [0.2, 0.25) is 0 Å². The number of hydrogen-bond acceptors (Lipinski definition) is 2.